The molecule has 1 aromatic carbocycles. The highest BCUT2D eigenvalue weighted by molar-refractivity contribution is 5.44. The molecule has 2 N–H and O–H groups in total. The third-order valence-electron chi connectivity index (χ3n) is 4.35. The monoisotopic (exact) mass is 291 g/mol. The minimum Gasteiger partial charge on any atom is -0.486 e. The Kier molecular flexibility index (Phi) is 4.63. The summed E-state index contributed by atoms with van der Waals surface area (Å²) >= 11 is 0. The number of fused-ring (bicyclic) bond motifs is 1. The van der Waals surface area contributed by atoms with Gasteiger partial charge in [0.05, 0.1) is 0 Å². The van der Waals surface area contributed by atoms with E-state index in [1.54, 1.807) is 0 Å². The number of hydrogen-bond donors (Lipinski definition) is 1. The Balaban J connectivity index is 1.54. The molecule has 1 aromatic rings. The van der Waals surface area contributed by atoms with E-state index in [-0.39, 0.29) is 6.04 Å². The van der Waals surface area contributed by atoms with E-state index >= 15 is 0 Å². The predicted molar refractivity (Wildman–Crippen MR) is 82.9 cm³/mol. The highest BCUT2D eigenvalue weighted by Gasteiger charge is 2.17. The third kappa shape index (κ3) is 3.67. The zero-order valence-electron chi connectivity index (χ0n) is 12.8. The number of nitrogens with two attached hydrogens (primary N) is 1. The molecular weight excluding hydrogens is 266 g/mol. The van der Waals surface area contributed by atoms with Crippen molar-refractivity contribution in [3.8, 4) is 11.5 Å². The summed E-state index contributed by atoms with van der Waals surface area (Å²) in [6, 6.07) is 6.12. The first-order chi connectivity index (χ1) is 10.2. The van der Waals surface area contributed by atoms with Gasteiger partial charge in [-0.3, -0.25) is 0 Å². The molecule has 2 aliphatic rings. The summed E-state index contributed by atoms with van der Waals surface area (Å²) in [5.74, 6) is 1.66. The summed E-state index contributed by atoms with van der Waals surface area (Å²) in [5.41, 5.74) is 7.47. The SMILES string of the molecule is CN1CCN(CCC(N)c2ccc3c(c2)OCCO3)CC1. The van der Waals surface area contributed by atoms with E-state index in [4.69, 9.17) is 15.2 Å². The first kappa shape index (κ1) is 14.6. The molecule has 0 radical (unpaired) electrons. The molecule has 0 saturated carbocycles. The molecule has 21 heavy (non-hydrogen) atoms. The van der Waals surface area contributed by atoms with E-state index in [0.29, 0.717) is 13.2 Å². The van der Waals surface area contributed by atoms with Gasteiger partial charge < -0.3 is 25.0 Å². The van der Waals surface area contributed by atoms with E-state index in [0.717, 1.165) is 56.2 Å². The Hall–Kier alpha value is -1.30. The number of hydrogen-bond acceptors (Lipinski definition) is 5. The molecule has 1 unspecified atom stereocenters. The van der Waals surface area contributed by atoms with Crippen LogP contribution >= 0.6 is 0 Å². The minimum atomic E-state index is 0.0560. The minimum absolute atomic E-state index is 0.0560. The van der Waals surface area contributed by atoms with Crippen LogP contribution in [-0.2, 0) is 0 Å². The van der Waals surface area contributed by atoms with Crippen molar-refractivity contribution in [2.24, 2.45) is 5.73 Å². The van der Waals surface area contributed by atoms with Crippen LogP contribution in [-0.4, -0.2) is 62.8 Å². The Morgan fingerprint density at radius 2 is 1.81 bits per heavy atom. The van der Waals surface area contributed by atoms with Gasteiger partial charge in [-0.05, 0) is 31.2 Å². The number of rotatable bonds is 4. The van der Waals surface area contributed by atoms with Crippen LogP contribution in [0.3, 0.4) is 0 Å². The van der Waals surface area contributed by atoms with Gasteiger partial charge in [0.1, 0.15) is 13.2 Å². The Morgan fingerprint density at radius 3 is 2.57 bits per heavy atom. The predicted octanol–water partition coefficient (Wildman–Crippen LogP) is 1.10. The fraction of sp³-hybridized carbons (Fsp3) is 0.625. The van der Waals surface area contributed by atoms with Gasteiger partial charge in [-0.1, -0.05) is 6.07 Å². The summed E-state index contributed by atoms with van der Waals surface area (Å²) in [6.07, 6.45) is 0.976. The molecule has 2 aliphatic heterocycles. The van der Waals surface area contributed by atoms with E-state index in [1.807, 2.05) is 12.1 Å². The van der Waals surface area contributed by atoms with Gasteiger partial charge in [0, 0.05) is 38.8 Å². The number of ether oxygens (including phenoxy) is 2. The Labute approximate surface area is 126 Å². The van der Waals surface area contributed by atoms with Crippen molar-refractivity contribution < 1.29 is 9.47 Å². The van der Waals surface area contributed by atoms with Gasteiger partial charge in [-0.2, -0.15) is 0 Å². The molecule has 0 spiro atoms. The molecule has 2 heterocycles. The molecule has 3 rings (SSSR count). The fourth-order valence-corrected chi connectivity index (χ4v) is 2.85. The van der Waals surface area contributed by atoms with E-state index in [9.17, 15) is 0 Å². The van der Waals surface area contributed by atoms with E-state index in [1.165, 1.54) is 0 Å². The highest BCUT2D eigenvalue weighted by atomic mass is 16.6. The summed E-state index contributed by atoms with van der Waals surface area (Å²) in [5, 5.41) is 0. The van der Waals surface area contributed by atoms with Crippen LogP contribution in [0.2, 0.25) is 0 Å². The molecule has 1 atom stereocenters. The standard InChI is InChI=1S/C16H25N3O2/c1-18-6-8-19(9-7-18)5-4-14(17)13-2-3-15-16(12-13)21-11-10-20-15/h2-3,12,14H,4-11,17H2,1H3. The normalized spacial score (nSPS) is 21.2. The fourth-order valence-electron chi connectivity index (χ4n) is 2.85. The van der Waals surface area contributed by atoms with Crippen molar-refractivity contribution >= 4 is 0 Å². The van der Waals surface area contributed by atoms with Crippen LogP contribution in [0.1, 0.15) is 18.0 Å². The van der Waals surface area contributed by atoms with Crippen LogP contribution in [0.15, 0.2) is 18.2 Å². The van der Waals surface area contributed by atoms with E-state index in [2.05, 4.69) is 22.9 Å². The number of piperazine rings is 1. The van der Waals surface area contributed by atoms with Crippen molar-refractivity contribution in [1.29, 1.82) is 0 Å². The molecule has 0 aliphatic carbocycles. The lowest BCUT2D eigenvalue weighted by Gasteiger charge is -2.33. The van der Waals surface area contributed by atoms with Gasteiger partial charge in [-0.15, -0.1) is 0 Å². The van der Waals surface area contributed by atoms with Crippen molar-refractivity contribution in [2.75, 3.05) is 53.0 Å². The van der Waals surface area contributed by atoms with Gasteiger partial charge >= 0.3 is 0 Å². The number of benzene rings is 1. The number of likely N-dealkylation sites (N-methyl/N-ethyl adjacent to an activating group) is 1. The molecule has 0 amide bonds. The summed E-state index contributed by atoms with van der Waals surface area (Å²) < 4.78 is 11.2. The third-order valence-corrected chi connectivity index (χ3v) is 4.35. The van der Waals surface area contributed by atoms with Crippen molar-refractivity contribution in [3.05, 3.63) is 23.8 Å². The molecule has 1 fully saturated rings. The number of nitrogens with zero attached hydrogens (tertiary/aromatic N) is 2. The largest absolute Gasteiger partial charge is 0.486 e. The summed E-state index contributed by atoms with van der Waals surface area (Å²) in [7, 11) is 2.18. The molecule has 0 aromatic heterocycles. The van der Waals surface area contributed by atoms with Gasteiger partial charge in [0.25, 0.3) is 0 Å². The van der Waals surface area contributed by atoms with E-state index < -0.39 is 0 Å². The lowest BCUT2D eigenvalue weighted by atomic mass is 10.0. The van der Waals surface area contributed by atoms with Crippen molar-refractivity contribution in [1.82, 2.24) is 9.80 Å². The molecule has 0 bridgehead atoms. The molecule has 116 valence electrons. The second-order valence-electron chi connectivity index (χ2n) is 5.94. The van der Waals surface area contributed by atoms with Gasteiger partial charge in [-0.25, -0.2) is 0 Å². The maximum absolute atomic E-state index is 6.34. The zero-order chi connectivity index (χ0) is 14.7. The molecular formula is C16H25N3O2. The topological polar surface area (TPSA) is 51.0 Å². The zero-order valence-corrected chi connectivity index (χ0v) is 12.8. The first-order valence-electron chi connectivity index (χ1n) is 7.78. The Morgan fingerprint density at radius 1 is 1.10 bits per heavy atom. The first-order valence-corrected chi connectivity index (χ1v) is 7.78. The van der Waals surface area contributed by atoms with Crippen LogP contribution in [0.5, 0.6) is 11.5 Å². The average Bonchev–Trinajstić information content (AvgIpc) is 2.53. The van der Waals surface area contributed by atoms with Crippen LogP contribution in [0.25, 0.3) is 0 Å². The van der Waals surface area contributed by atoms with Crippen LogP contribution in [0, 0.1) is 0 Å². The lowest BCUT2D eigenvalue weighted by molar-refractivity contribution is 0.150. The van der Waals surface area contributed by atoms with Crippen molar-refractivity contribution in [2.45, 2.75) is 12.5 Å². The summed E-state index contributed by atoms with van der Waals surface area (Å²) in [4.78, 5) is 4.87. The highest BCUT2D eigenvalue weighted by Crippen LogP contribution is 2.32. The van der Waals surface area contributed by atoms with Crippen molar-refractivity contribution in [3.63, 3.8) is 0 Å². The lowest BCUT2D eigenvalue weighted by Crippen LogP contribution is -2.45. The summed E-state index contributed by atoms with van der Waals surface area (Å²) in [6.45, 7) is 6.89. The quantitative estimate of drug-likeness (QED) is 0.900. The smallest absolute Gasteiger partial charge is 0.161 e. The maximum atomic E-state index is 6.34. The molecule has 5 heteroatoms. The Bertz CT molecular complexity index is 473. The molecule has 1 saturated heterocycles. The molecule has 5 nitrogen and oxygen atoms in total. The van der Waals surface area contributed by atoms with Gasteiger partial charge in [0.15, 0.2) is 11.5 Å². The van der Waals surface area contributed by atoms with Crippen LogP contribution < -0.4 is 15.2 Å². The van der Waals surface area contributed by atoms with Crippen LogP contribution in [0.4, 0.5) is 0 Å². The maximum Gasteiger partial charge on any atom is 0.161 e. The average molecular weight is 291 g/mol. The second-order valence-corrected chi connectivity index (χ2v) is 5.94. The van der Waals surface area contributed by atoms with Gasteiger partial charge in [0.2, 0.25) is 0 Å². The second kappa shape index (κ2) is 6.64.